The number of carboxylic acids is 1. The van der Waals surface area contributed by atoms with E-state index >= 15 is 0 Å². The van der Waals surface area contributed by atoms with Gasteiger partial charge in [0.05, 0.1) is 5.56 Å². The number of benzene rings is 1. The average Bonchev–Trinajstić information content (AvgIpc) is 2.38. The standard InChI is InChI=1S/C17H25NO2/c1-17(2,3)15-8-5-9-18(12-15)11-13-6-4-7-14(10-13)16(19)20/h4,6-7,10,15H,5,8-9,11-12H2,1-3H3,(H,19,20). The molecule has 1 aliphatic heterocycles. The fourth-order valence-corrected chi connectivity index (χ4v) is 2.97. The largest absolute Gasteiger partial charge is 0.478 e. The van der Waals surface area contributed by atoms with E-state index in [0.717, 1.165) is 31.1 Å². The van der Waals surface area contributed by atoms with E-state index in [1.807, 2.05) is 12.1 Å². The topological polar surface area (TPSA) is 40.5 Å². The number of aromatic carboxylic acids is 1. The molecule has 0 amide bonds. The van der Waals surface area contributed by atoms with E-state index in [1.54, 1.807) is 12.1 Å². The molecule has 0 saturated carbocycles. The molecule has 3 nitrogen and oxygen atoms in total. The van der Waals surface area contributed by atoms with Crippen molar-refractivity contribution in [1.82, 2.24) is 4.90 Å². The molecule has 3 heteroatoms. The van der Waals surface area contributed by atoms with Crippen molar-refractivity contribution in [3.63, 3.8) is 0 Å². The number of carboxylic acid groups (broad SMARTS) is 1. The minimum atomic E-state index is -0.849. The quantitative estimate of drug-likeness (QED) is 0.915. The molecule has 1 N–H and O–H groups in total. The zero-order valence-electron chi connectivity index (χ0n) is 12.7. The Hall–Kier alpha value is -1.35. The minimum absolute atomic E-state index is 0.349. The third-order valence-electron chi connectivity index (χ3n) is 4.31. The molecule has 20 heavy (non-hydrogen) atoms. The molecule has 1 unspecified atom stereocenters. The normalized spacial score (nSPS) is 20.9. The molecule has 1 saturated heterocycles. The maximum absolute atomic E-state index is 11.0. The Morgan fingerprint density at radius 2 is 2.15 bits per heavy atom. The number of hydrogen-bond donors (Lipinski definition) is 1. The Bertz CT molecular complexity index is 476. The SMILES string of the molecule is CC(C)(C)C1CCCN(Cc2cccc(C(=O)O)c2)C1. The van der Waals surface area contributed by atoms with Crippen molar-refractivity contribution in [3.8, 4) is 0 Å². The van der Waals surface area contributed by atoms with Crippen molar-refractivity contribution >= 4 is 5.97 Å². The molecular weight excluding hydrogens is 250 g/mol. The van der Waals surface area contributed by atoms with Crippen LogP contribution in [-0.4, -0.2) is 29.1 Å². The van der Waals surface area contributed by atoms with Crippen LogP contribution in [0.3, 0.4) is 0 Å². The molecule has 110 valence electrons. The van der Waals surface area contributed by atoms with Gasteiger partial charge in [-0.25, -0.2) is 4.79 Å². The summed E-state index contributed by atoms with van der Waals surface area (Å²) in [7, 11) is 0. The second-order valence-corrected chi connectivity index (χ2v) is 6.95. The van der Waals surface area contributed by atoms with Crippen LogP contribution in [0.4, 0.5) is 0 Å². The Kier molecular flexibility index (Phi) is 4.48. The molecule has 1 aromatic carbocycles. The van der Waals surface area contributed by atoms with Gasteiger partial charge in [0.1, 0.15) is 0 Å². The van der Waals surface area contributed by atoms with Gasteiger partial charge in [0, 0.05) is 13.1 Å². The first-order valence-electron chi connectivity index (χ1n) is 7.41. The highest BCUT2D eigenvalue weighted by atomic mass is 16.4. The summed E-state index contributed by atoms with van der Waals surface area (Å²) in [5.74, 6) is -0.128. The second-order valence-electron chi connectivity index (χ2n) is 6.95. The number of nitrogens with zero attached hydrogens (tertiary/aromatic N) is 1. The van der Waals surface area contributed by atoms with Crippen molar-refractivity contribution < 1.29 is 9.90 Å². The average molecular weight is 275 g/mol. The molecule has 1 atom stereocenters. The van der Waals surface area contributed by atoms with Gasteiger partial charge in [-0.2, -0.15) is 0 Å². The number of carbonyl (C=O) groups is 1. The van der Waals surface area contributed by atoms with E-state index in [2.05, 4.69) is 25.7 Å². The van der Waals surface area contributed by atoms with Gasteiger partial charge in [-0.3, -0.25) is 4.90 Å². The number of likely N-dealkylation sites (tertiary alicyclic amines) is 1. The highest BCUT2D eigenvalue weighted by Gasteiger charge is 2.29. The molecule has 0 spiro atoms. The van der Waals surface area contributed by atoms with Gasteiger partial charge >= 0.3 is 5.97 Å². The van der Waals surface area contributed by atoms with Gasteiger partial charge in [-0.1, -0.05) is 32.9 Å². The molecule has 0 radical (unpaired) electrons. The van der Waals surface area contributed by atoms with E-state index < -0.39 is 5.97 Å². The number of rotatable bonds is 3. The van der Waals surface area contributed by atoms with Gasteiger partial charge in [-0.05, 0) is 48.4 Å². The molecule has 1 heterocycles. The molecule has 0 aromatic heterocycles. The van der Waals surface area contributed by atoms with Crippen LogP contribution in [0.15, 0.2) is 24.3 Å². The Morgan fingerprint density at radius 3 is 2.80 bits per heavy atom. The summed E-state index contributed by atoms with van der Waals surface area (Å²) in [6.07, 6.45) is 2.54. The zero-order valence-corrected chi connectivity index (χ0v) is 12.7. The van der Waals surface area contributed by atoms with Crippen molar-refractivity contribution in [1.29, 1.82) is 0 Å². The summed E-state index contributed by atoms with van der Waals surface area (Å²) in [4.78, 5) is 13.5. The second kappa shape index (κ2) is 5.96. The van der Waals surface area contributed by atoms with E-state index in [1.165, 1.54) is 12.8 Å². The Balaban J connectivity index is 2.03. The van der Waals surface area contributed by atoms with Crippen LogP contribution in [0, 0.1) is 11.3 Å². The van der Waals surface area contributed by atoms with Gasteiger partial charge in [0.15, 0.2) is 0 Å². The Labute approximate surface area is 121 Å². The van der Waals surface area contributed by atoms with Crippen LogP contribution in [0.1, 0.15) is 49.5 Å². The number of hydrogen-bond acceptors (Lipinski definition) is 2. The van der Waals surface area contributed by atoms with E-state index in [9.17, 15) is 4.79 Å². The van der Waals surface area contributed by atoms with E-state index in [4.69, 9.17) is 5.11 Å². The van der Waals surface area contributed by atoms with E-state index in [-0.39, 0.29) is 0 Å². The maximum Gasteiger partial charge on any atom is 0.335 e. The summed E-state index contributed by atoms with van der Waals surface area (Å²) in [6.45, 7) is 10.0. The van der Waals surface area contributed by atoms with Crippen molar-refractivity contribution in [2.24, 2.45) is 11.3 Å². The van der Waals surface area contributed by atoms with Gasteiger partial charge in [-0.15, -0.1) is 0 Å². The van der Waals surface area contributed by atoms with Crippen LogP contribution >= 0.6 is 0 Å². The minimum Gasteiger partial charge on any atom is -0.478 e. The molecular formula is C17H25NO2. The van der Waals surface area contributed by atoms with Crippen molar-refractivity contribution in [2.45, 2.75) is 40.2 Å². The fraction of sp³-hybridized carbons (Fsp3) is 0.588. The van der Waals surface area contributed by atoms with E-state index in [0.29, 0.717) is 11.0 Å². The summed E-state index contributed by atoms with van der Waals surface area (Å²) in [5, 5.41) is 9.05. The highest BCUT2D eigenvalue weighted by molar-refractivity contribution is 5.87. The van der Waals surface area contributed by atoms with Crippen LogP contribution in [0.25, 0.3) is 0 Å². The molecule has 1 aliphatic rings. The lowest BCUT2D eigenvalue weighted by Crippen LogP contribution is -2.40. The predicted molar refractivity (Wildman–Crippen MR) is 80.9 cm³/mol. The lowest BCUT2D eigenvalue weighted by molar-refractivity contribution is 0.0696. The molecule has 2 rings (SSSR count). The summed E-state index contributed by atoms with van der Waals surface area (Å²) in [5.41, 5.74) is 1.83. The first-order chi connectivity index (χ1) is 9.36. The summed E-state index contributed by atoms with van der Waals surface area (Å²) < 4.78 is 0. The first kappa shape index (κ1) is 15.0. The molecule has 0 aliphatic carbocycles. The summed E-state index contributed by atoms with van der Waals surface area (Å²) in [6, 6.07) is 7.31. The van der Waals surface area contributed by atoms with Gasteiger partial charge < -0.3 is 5.11 Å². The van der Waals surface area contributed by atoms with Crippen molar-refractivity contribution in [3.05, 3.63) is 35.4 Å². The van der Waals surface area contributed by atoms with Crippen molar-refractivity contribution in [2.75, 3.05) is 13.1 Å². The molecule has 1 aromatic rings. The predicted octanol–water partition coefficient (Wildman–Crippen LogP) is 3.64. The van der Waals surface area contributed by atoms with Gasteiger partial charge in [0.2, 0.25) is 0 Å². The lowest BCUT2D eigenvalue weighted by Gasteiger charge is -2.39. The maximum atomic E-state index is 11.0. The summed E-state index contributed by atoms with van der Waals surface area (Å²) >= 11 is 0. The third-order valence-corrected chi connectivity index (χ3v) is 4.31. The smallest absolute Gasteiger partial charge is 0.335 e. The first-order valence-corrected chi connectivity index (χ1v) is 7.41. The van der Waals surface area contributed by atoms with Crippen LogP contribution in [0.2, 0.25) is 0 Å². The zero-order chi connectivity index (χ0) is 14.8. The fourth-order valence-electron chi connectivity index (χ4n) is 2.97. The van der Waals surface area contributed by atoms with Crippen LogP contribution < -0.4 is 0 Å². The highest BCUT2D eigenvalue weighted by Crippen LogP contribution is 2.33. The monoisotopic (exact) mass is 275 g/mol. The number of piperidine rings is 1. The Morgan fingerprint density at radius 1 is 1.40 bits per heavy atom. The third kappa shape index (κ3) is 3.83. The molecule has 1 fully saturated rings. The van der Waals surface area contributed by atoms with Crippen LogP contribution in [0.5, 0.6) is 0 Å². The lowest BCUT2D eigenvalue weighted by atomic mass is 9.76. The molecule has 0 bridgehead atoms. The van der Waals surface area contributed by atoms with Gasteiger partial charge in [0.25, 0.3) is 0 Å². The van der Waals surface area contributed by atoms with Crippen LogP contribution in [-0.2, 0) is 6.54 Å².